The van der Waals surface area contributed by atoms with Gasteiger partial charge in [-0.25, -0.2) is 4.98 Å². The molecule has 0 bridgehead atoms. The molecule has 0 atom stereocenters. The second kappa shape index (κ2) is 8.40. The molecule has 4 aromatic rings. The Labute approximate surface area is 168 Å². The standard InChI is InChI=1S/C23H22N2O2S/c1-2-17-10-12-20-21(15-17)28-23(24-20)25(16-19-9-6-14-27-19)22(26)13-11-18-7-4-3-5-8-18/h3-10,12,14-15H,2,11,13,16H2,1H3. The predicted octanol–water partition coefficient (Wildman–Crippen LogP) is 5.62. The fourth-order valence-corrected chi connectivity index (χ4v) is 4.19. The minimum absolute atomic E-state index is 0.0509. The number of rotatable bonds is 7. The van der Waals surface area contributed by atoms with Crippen LogP contribution in [0.1, 0.15) is 30.2 Å². The Balaban J connectivity index is 1.60. The van der Waals surface area contributed by atoms with Crippen molar-refractivity contribution in [1.82, 2.24) is 4.98 Å². The zero-order valence-electron chi connectivity index (χ0n) is 15.8. The van der Waals surface area contributed by atoms with E-state index in [-0.39, 0.29) is 5.91 Å². The van der Waals surface area contributed by atoms with Gasteiger partial charge in [-0.2, -0.15) is 0 Å². The first-order valence-electron chi connectivity index (χ1n) is 9.49. The Bertz CT molecular complexity index is 1050. The van der Waals surface area contributed by atoms with Crippen LogP contribution in [0.4, 0.5) is 5.13 Å². The van der Waals surface area contributed by atoms with Gasteiger partial charge in [0.1, 0.15) is 5.76 Å². The molecule has 0 radical (unpaired) electrons. The van der Waals surface area contributed by atoms with Crippen LogP contribution in [0.2, 0.25) is 0 Å². The third-order valence-corrected chi connectivity index (χ3v) is 5.79. The number of hydrogen-bond donors (Lipinski definition) is 0. The predicted molar refractivity (Wildman–Crippen MR) is 114 cm³/mol. The van der Waals surface area contributed by atoms with Crippen molar-refractivity contribution in [1.29, 1.82) is 0 Å². The number of aryl methyl sites for hydroxylation is 2. The van der Waals surface area contributed by atoms with Crippen LogP contribution in [0, 0.1) is 0 Å². The molecule has 0 spiro atoms. The largest absolute Gasteiger partial charge is 0.467 e. The molecule has 5 heteroatoms. The summed E-state index contributed by atoms with van der Waals surface area (Å²) in [6, 6.07) is 20.1. The topological polar surface area (TPSA) is 46.3 Å². The van der Waals surface area contributed by atoms with E-state index in [1.165, 1.54) is 5.56 Å². The number of thiazole rings is 1. The van der Waals surface area contributed by atoms with Crippen LogP contribution in [0.5, 0.6) is 0 Å². The summed E-state index contributed by atoms with van der Waals surface area (Å²) in [6.07, 6.45) is 3.75. The van der Waals surface area contributed by atoms with Crippen LogP contribution >= 0.6 is 11.3 Å². The molecule has 28 heavy (non-hydrogen) atoms. The highest BCUT2D eigenvalue weighted by Gasteiger charge is 2.21. The molecule has 4 nitrogen and oxygen atoms in total. The van der Waals surface area contributed by atoms with Gasteiger partial charge in [0.25, 0.3) is 0 Å². The summed E-state index contributed by atoms with van der Waals surface area (Å²) in [5.41, 5.74) is 3.36. The molecule has 0 saturated heterocycles. The lowest BCUT2D eigenvalue weighted by atomic mass is 10.1. The number of hydrogen-bond acceptors (Lipinski definition) is 4. The van der Waals surface area contributed by atoms with Crippen molar-refractivity contribution in [2.24, 2.45) is 0 Å². The summed E-state index contributed by atoms with van der Waals surface area (Å²) in [7, 11) is 0. The highest BCUT2D eigenvalue weighted by molar-refractivity contribution is 7.22. The molecule has 0 aliphatic carbocycles. The molecule has 2 aromatic heterocycles. The maximum absolute atomic E-state index is 13.1. The summed E-state index contributed by atoms with van der Waals surface area (Å²) in [5, 5.41) is 0.720. The van der Waals surface area contributed by atoms with Crippen molar-refractivity contribution in [3.8, 4) is 0 Å². The van der Waals surface area contributed by atoms with Gasteiger partial charge in [-0.1, -0.05) is 54.7 Å². The van der Waals surface area contributed by atoms with Gasteiger partial charge in [0.2, 0.25) is 5.91 Å². The van der Waals surface area contributed by atoms with Crippen molar-refractivity contribution in [3.05, 3.63) is 83.8 Å². The Morgan fingerprint density at radius 3 is 2.68 bits per heavy atom. The van der Waals surface area contributed by atoms with Gasteiger partial charge in [-0.3, -0.25) is 9.69 Å². The molecular formula is C23H22N2O2S. The van der Waals surface area contributed by atoms with E-state index < -0.39 is 0 Å². The molecule has 4 rings (SSSR count). The van der Waals surface area contributed by atoms with Gasteiger partial charge >= 0.3 is 0 Å². The molecule has 0 fully saturated rings. The highest BCUT2D eigenvalue weighted by atomic mass is 32.1. The fraction of sp³-hybridized carbons (Fsp3) is 0.217. The molecular weight excluding hydrogens is 368 g/mol. The summed E-state index contributed by atoms with van der Waals surface area (Å²) < 4.78 is 6.60. The van der Waals surface area contributed by atoms with E-state index in [2.05, 4.69) is 19.1 Å². The van der Waals surface area contributed by atoms with E-state index in [0.717, 1.165) is 33.1 Å². The van der Waals surface area contributed by atoms with Crippen molar-refractivity contribution < 1.29 is 9.21 Å². The van der Waals surface area contributed by atoms with Gasteiger partial charge in [-0.05, 0) is 48.2 Å². The zero-order valence-corrected chi connectivity index (χ0v) is 16.6. The monoisotopic (exact) mass is 390 g/mol. The first kappa shape index (κ1) is 18.4. The van der Waals surface area contributed by atoms with Gasteiger partial charge in [-0.15, -0.1) is 0 Å². The lowest BCUT2D eigenvalue weighted by Gasteiger charge is -2.18. The number of carbonyl (C=O) groups excluding carboxylic acids is 1. The maximum atomic E-state index is 13.1. The number of fused-ring (bicyclic) bond motifs is 1. The van der Waals surface area contributed by atoms with Gasteiger partial charge in [0, 0.05) is 6.42 Å². The first-order valence-corrected chi connectivity index (χ1v) is 10.3. The molecule has 0 aliphatic heterocycles. The summed E-state index contributed by atoms with van der Waals surface area (Å²) in [5.74, 6) is 0.802. The smallest absolute Gasteiger partial charge is 0.229 e. The fourth-order valence-electron chi connectivity index (χ4n) is 3.14. The second-order valence-electron chi connectivity index (χ2n) is 6.70. The molecule has 1 amide bonds. The molecule has 2 heterocycles. The Kier molecular flexibility index (Phi) is 5.53. The molecule has 0 unspecified atom stereocenters. The number of benzene rings is 2. The Morgan fingerprint density at radius 2 is 1.93 bits per heavy atom. The van der Waals surface area contributed by atoms with Crippen molar-refractivity contribution in [2.75, 3.05) is 4.90 Å². The molecule has 2 aromatic carbocycles. The van der Waals surface area contributed by atoms with E-state index in [0.29, 0.717) is 19.4 Å². The molecule has 0 N–H and O–H groups in total. The number of amides is 1. The van der Waals surface area contributed by atoms with E-state index in [9.17, 15) is 4.79 Å². The van der Waals surface area contributed by atoms with E-state index in [1.807, 2.05) is 48.5 Å². The number of furan rings is 1. The van der Waals surface area contributed by atoms with E-state index in [1.54, 1.807) is 22.5 Å². The number of aromatic nitrogens is 1. The van der Waals surface area contributed by atoms with Crippen LogP contribution in [-0.2, 0) is 24.2 Å². The Hall–Kier alpha value is -2.92. The zero-order chi connectivity index (χ0) is 19.3. The number of anilines is 1. The quantitative estimate of drug-likeness (QED) is 0.411. The first-order chi connectivity index (χ1) is 13.7. The molecule has 0 saturated carbocycles. The molecule has 0 aliphatic rings. The van der Waals surface area contributed by atoms with Crippen LogP contribution in [0.25, 0.3) is 10.2 Å². The normalized spacial score (nSPS) is 11.0. The summed E-state index contributed by atoms with van der Waals surface area (Å²) >= 11 is 1.56. The summed E-state index contributed by atoms with van der Waals surface area (Å²) in [6.45, 7) is 2.53. The average molecular weight is 391 g/mol. The Morgan fingerprint density at radius 1 is 1.07 bits per heavy atom. The van der Waals surface area contributed by atoms with E-state index >= 15 is 0 Å². The van der Waals surface area contributed by atoms with Gasteiger partial charge in [0.05, 0.1) is 23.0 Å². The summed E-state index contributed by atoms with van der Waals surface area (Å²) in [4.78, 5) is 19.6. The van der Waals surface area contributed by atoms with Crippen LogP contribution in [0.15, 0.2) is 71.3 Å². The highest BCUT2D eigenvalue weighted by Crippen LogP contribution is 2.31. The number of carbonyl (C=O) groups is 1. The number of nitrogens with zero attached hydrogens (tertiary/aromatic N) is 2. The third-order valence-electron chi connectivity index (χ3n) is 4.75. The van der Waals surface area contributed by atoms with E-state index in [4.69, 9.17) is 9.40 Å². The van der Waals surface area contributed by atoms with Crippen LogP contribution in [-0.4, -0.2) is 10.9 Å². The van der Waals surface area contributed by atoms with Crippen molar-refractivity contribution in [3.63, 3.8) is 0 Å². The van der Waals surface area contributed by atoms with Crippen molar-refractivity contribution >= 4 is 32.6 Å². The average Bonchev–Trinajstić information content (AvgIpc) is 3.39. The lowest BCUT2D eigenvalue weighted by molar-refractivity contribution is -0.118. The van der Waals surface area contributed by atoms with Crippen molar-refractivity contribution in [2.45, 2.75) is 32.7 Å². The van der Waals surface area contributed by atoms with Gasteiger partial charge in [0.15, 0.2) is 5.13 Å². The van der Waals surface area contributed by atoms with Gasteiger partial charge < -0.3 is 4.42 Å². The minimum Gasteiger partial charge on any atom is -0.467 e. The molecule has 142 valence electrons. The van der Waals surface area contributed by atoms with Crippen LogP contribution < -0.4 is 4.90 Å². The van der Waals surface area contributed by atoms with Crippen LogP contribution in [0.3, 0.4) is 0 Å². The second-order valence-corrected chi connectivity index (χ2v) is 7.71. The lowest BCUT2D eigenvalue weighted by Crippen LogP contribution is -2.30. The third kappa shape index (κ3) is 4.15. The minimum atomic E-state index is 0.0509. The SMILES string of the molecule is CCc1ccc2nc(N(Cc3ccco3)C(=O)CCc3ccccc3)sc2c1. The maximum Gasteiger partial charge on any atom is 0.229 e.